The van der Waals surface area contributed by atoms with Gasteiger partial charge in [0.15, 0.2) is 0 Å². The van der Waals surface area contributed by atoms with E-state index in [-0.39, 0.29) is 29.7 Å². The molecule has 0 radical (unpaired) electrons. The Kier molecular flexibility index (Phi) is 4.10. The molecule has 0 amide bonds. The van der Waals surface area contributed by atoms with E-state index in [2.05, 4.69) is 106 Å². The van der Waals surface area contributed by atoms with E-state index in [4.69, 9.17) is 11.3 Å². The molecule has 0 aliphatic rings. The average Bonchev–Trinajstić information content (AvgIpc) is 3.80. The van der Waals surface area contributed by atoms with Gasteiger partial charge in [-0.15, -0.1) is 0 Å². The van der Waals surface area contributed by atoms with Crippen LogP contribution in [0.4, 0.5) is 0 Å². The summed E-state index contributed by atoms with van der Waals surface area (Å²) in [6.45, 7) is 0. The van der Waals surface area contributed by atoms with Gasteiger partial charge in [0.25, 0.3) is 0 Å². The van der Waals surface area contributed by atoms with Crippen molar-refractivity contribution < 1.29 is 11.3 Å². The number of hydrogen-bond acceptors (Lipinski definition) is 1. The zero-order chi connectivity index (χ0) is 33.8. The molecule has 0 atom stereocenters. The molecular formula is C42H26N2O. The Balaban J connectivity index is 1.25. The molecule has 0 saturated heterocycles. The third-order valence-corrected chi connectivity index (χ3v) is 9.00. The van der Waals surface area contributed by atoms with Gasteiger partial charge in [-0.3, -0.25) is 0 Å². The van der Waals surface area contributed by atoms with Crippen LogP contribution in [0, 0.1) is 0 Å². The van der Waals surface area contributed by atoms with Gasteiger partial charge in [0.05, 0.1) is 40.0 Å². The van der Waals surface area contributed by atoms with Crippen LogP contribution in [-0.4, -0.2) is 9.13 Å². The standard InChI is InChI=1S/C42H26N2O/c1-2-11-27(12-3-1)28-21-24-40-34(25-28)42-39(19-10-20-41(42)45-40)44-37-18-9-6-15-32(37)33-26-29(22-23-38(33)44)43-35-16-7-4-13-30(35)31-14-5-8-17-36(31)43/h1-26H/i1D,2D,3D,11D,12D. The van der Waals surface area contributed by atoms with Crippen molar-refractivity contribution in [3.8, 4) is 22.5 Å². The normalized spacial score (nSPS) is 13.6. The minimum absolute atomic E-state index is 0.166. The number of para-hydroxylation sites is 3. The first-order chi connectivity index (χ1) is 24.4. The van der Waals surface area contributed by atoms with Crippen molar-refractivity contribution in [2.24, 2.45) is 0 Å². The highest BCUT2D eigenvalue weighted by atomic mass is 16.3. The topological polar surface area (TPSA) is 23.0 Å². The molecule has 0 fully saturated rings. The summed E-state index contributed by atoms with van der Waals surface area (Å²) in [5, 5.41) is 6.34. The maximum Gasteiger partial charge on any atom is 0.137 e. The molecule has 0 spiro atoms. The minimum Gasteiger partial charge on any atom is -0.456 e. The number of hydrogen-bond donors (Lipinski definition) is 0. The fourth-order valence-corrected chi connectivity index (χ4v) is 7.10. The quantitative estimate of drug-likeness (QED) is 0.204. The van der Waals surface area contributed by atoms with Crippen molar-refractivity contribution in [3.63, 3.8) is 0 Å². The molecule has 3 heterocycles. The summed E-state index contributed by atoms with van der Waals surface area (Å²) in [6.07, 6.45) is 0. The fourth-order valence-electron chi connectivity index (χ4n) is 7.10. The van der Waals surface area contributed by atoms with E-state index in [0.717, 1.165) is 55.0 Å². The van der Waals surface area contributed by atoms with Gasteiger partial charge in [-0.05, 0) is 71.8 Å². The monoisotopic (exact) mass is 579 g/mol. The summed E-state index contributed by atoms with van der Waals surface area (Å²) in [7, 11) is 0. The molecule has 210 valence electrons. The lowest BCUT2D eigenvalue weighted by Gasteiger charge is -2.11. The zero-order valence-corrected chi connectivity index (χ0v) is 23.9. The van der Waals surface area contributed by atoms with Gasteiger partial charge in [-0.1, -0.05) is 96.9 Å². The Labute approximate surface area is 265 Å². The summed E-state index contributed by atoms with van der Waals surface area (Å²) in [6, 6.07) is 42.0. The maximum atomic E-state index is 8.60. The molecule has 3 nitrogen and oxygen atoms in total. The minimum atomic E-state index is -0.409. The molecule has 0 unspecified atom stereocenters. The van der Waals surface area contributed by atoms with Crippen molar-refractivity contribution in [1.29, 1.82) is 0 Å². The largest absolute Gasteiger partial charge is 0.456 e. The molecule has 10 aromatic rings. The highest BCUT2D eigenvalue weighted by molar-refractivity contribution is 6.16. The van der Waals surface area contributed by atoms with Gasteiger partial charge < -0.3 is 13.6 Å². The number of benzene rings is 7. The number of furan rings is 1. The second kappa shape index (κ2) is 9.22. The second-order valence-corrected chi connectivity index (χ2v) is 11.4. The molecule has 45 heavy (non-hydrogen) atoms. The SMILES string of the molecule is [2H]c1c([2H])c([2H])c(-c2ccc3oc4cccc(-n5c6ccccc6c6cc(-n7c8ccccc8c8ccccc87)ccc65)c4c3c2)c([2H])c1[2H]. The molecule has 0 aliphatic carbocycles. The Hall–Kier alpha value is -6.06. The number of fused-ring (bicyclic) bond motifs is 9. The molecule has 0 saturated carbocycles. The first-order valence-electron chi connectivity index (χ1n) is 17.5. The predicted octanol–water partition coefficient (Wildman–Crippen LogP) is 11.4. The van der Waals surface area contributed by atoms with Gasteiger partial charge in [0, 0.05) is 32.6 Å². The molecule has 7 aromatic carbocycles. The van der Waals surface area contributed by atoms with E-state index >= 15 is 0 Å². The lowest BCUT2D eigenvalue weighted by molar-refractivity contribution is 0.669. The van der Waals surface area contributed by atoms with Gasteiger partial charge in [0.2, 0.25) is 0 Å². The van der Waals surface area contributed by atoms with Crippen LogP contribution in [-0.2, 0) is 0 Å². The van der Waals surface area contributed by atoms with Crippen LogP contribution in [0.25, 0.3) is 88.1 Å². The summed E-state index contributed by atoms with van der Waals surface area (Å²) in [5.74, 6) is 0. The van der Waals surface area contributed by atoms with Gasteiger partial charge in [-0.25, -0.2) is 0 Å². The van der Waals surface area contributed by atoms with Gasteiger partial charge in [0.1, 0.15) is 11.2 Å². The van der Waals surface area contributed by atoms with Crippen LogP contribution in [0.15, 0.2) is 162 Å². The van der Waals surface area contributed by atoms with Gasteiger partial charge >= 0.3 is 0 Å². The zero-order valence-electron chi connectivity index (χ0n) is 28.9. The predicted molar refractivity (Wildman–Crippen MR) is 188 cm³/mol. The third kappa shape index (κ3) is 3.46. The van der Waals surface area contributed by atoms with Crippen molar-refractivity contribution in [2.75, 3.05) is 0 Å². The number of rotatable bonds is 3. The highest BCUT2D eigenvalue weighted by Gasteiger charge is 2.19. The molecule has 3 aromatic heterocycles. The fraction of sp³-hybridized carbons (Fsp3) is 0. The summed E-state index contributed by atoms with van der Waals surface area (Å²) in [4.78, 5) is 0. The van der Waals surface area contributed by atoms with Crippen LogP contribution in [0.2, 0.25) is 0 Å². The average molecular weight is 580 g/mol. The Morgan fingerprint density at radius 2 is 1.09 bits per heavy atom. The summed E-state index contributed by atoms with van der Waals surface area (Å²) in [5.41, 5.74) is 8.45. The lowest BCUT2D eigenvalue weighted by atomic mass is 10.0. The van der Waals surface area contributed by atoms with E-state index in [1.165, 1.54) is 10.8 Å². The number of nitrogens with zero attached hydrogens (tertiary/aromatic N) is 2. The lowest BCUT2D eigenvalue weighted by Crippen LogP contribution is -1.96. The molecular weight excluding hydrogens is 548 g/mol. The van der Waals surface area contributed by atoms with E-state index in [0.29, 0.717) is 16.7 Å². The molecule has 3 heteroatoms. The Morgan fingerprint density at radius 1 is 0.444 bits per heavy atom. The first kappa shape index (κ1) is 20.0. The van der Waals surface area contributed by atoms with E-state index in [1.807, 2.05) is 24.3 Å². The summed E-state index contributed by atoms with van der Waals surface area (Å²) >= 11 is 0. The number of aromatic nitrogens is 2. The van der Waals surface area contributed by atoms with E-state index in [1.54, 1.807) is 6.07 Å². The van der Waals surface area contributed by atoms with Crippen molar-refractivity contribution in [1.82, 2.24) is 9.13 Å². The molecule has 0 N–H and O–H groups in total. The highest BCUT2D eigenvalue weighted by Crippen LogP contribution is 2.41. The third-order valence-electron chi connectivity index (χ3n) is 9.00. The van der Waals surface area contributed by atoms with Crippen LogP contribution in [0.5, 0.6) is 0 Å². The Morgan fingerprint density at radius 3 is 1.82 bits per heavy atom. The molecule has 0 aliphatic heterocycles. The van der Waals surface area contributed by atoms with Crippen LogP contribution in [0.1, 0.15) is 6.85 Å². The second-order valence-electron chi connectivity index (χ2n) is 11.4. The summed E-state index contributed by atoms with van der Waals surface area (Å²) < 4.78 is 52.7. The van der Waals surface area contributed by atoms with Crippen molar-refractivity contribution in [3.05, 3.63) is 158 Å². The Bertz CT molecular complexity index is 2980. The maximum absolute atomic E-state index is 8.60. The van der Waals surface area contributed by atoms with Gasteiger partial charge in [-0.2, -0.15) is 0 Å². The van der Waals surface area contributed by atoms with E-state index in [9.17, 15) is 0 Å². The van der Waals surface area contributed by atoms with Crippen LogP contribution >= 0.6 is 0 Å². The first-order valence-corrected chi connectivity index (χ1v) is 15.0. The van der Waals surface area contributed by atoms with Crippen molar-refractivity contribution in [2.45, 2.75) is 0 Å². The van der Waals surface area contributed by atoms with Crippen LogP contribution in [0.3, 0.4) is 0 Å². The van der Waals surface area contributed by atoms with Crippen LogP contribution < -0.4 is 0 Å². The molecule has 10 rings (SSSR count). The molecule has 0 bridgehead atoms. The smallest absolute Gasteiger partial charge is 0.137 e. The van der Waals surface area contributed by atoms with E-state index < -0.39 is 6.04 Å². The van der Waals surface area contributed by atoms with Crippen molar-refractivity contribution >= 4 is 65.6 Å².